The topological polar surface area (TPSA) is 32.7 Å². The van der Waals surface area contributed by atoms with Gasteiger partial charge in [-0.2, -0.15) is 5.10 Å². The number of hydrogen-bond donors (Lipinski definition) is 0. The lowest BCUT2D eigenvalue weighted by Gasteiger charge is -2.09. The first-order valence-corrected chi connectivity index (χ1v) is 4.68. The van der Waals surface area contributed by atoms with E-state index in [9.17, 15) is 4.79 Å². The Morgan fingerprint density at radius 1 is 1.43 bits per heavy atom. The van der Waals surface area contributed by atoms with Crippen LogP contribution in [0.4, 0.5) is 0 Å². The van der Waals surface area contributed by atoms with Crippen molar-refractivity contribution in [1.29, 1.82) is 0 Å². The van der Waals surface area contributed by atoms with E-state index in [-0.39, 0.29) is 6.04 Å². The summed E-state index contributed by atoms with van der Waals surface area (Å²) < 4.78 is 0. The van der Waals surface area contributed by atoms with Crippen molar-refractivity contribution in [2.45, 2.75) is 19.4 Å². The molecule has 1 heterocycles. The number of amides is 1. The van der Waals surface area contributed by atoms with Gasteiger partial charge in [0.2, 0.25) is 6.41 Å². The van der Waals surface area contributed by atoms with Gasteiger partial charge in [-0.15, -0.1) is 0 Å². The van der Waals surface area contributed by atoms with E-state index in [2.05, 4.69) is 5.10 Å². The molecule has 1 aliphatic heterocycles. The molecule has 0 N–H and O–H groups in total. The molecule has 0 aromatic heterocycles. The number of rotatable bonds is 2. The second-order valence-electron chi connectivity index (χ2n) is 3.45. The van der Waals surface area contributed by atoms with Crippen molar-refractivity contribution in [1.82, 2.24) is 5.01 Å². The summed E-state index contributed by atoms with van der Waals surface area (Å²) in [7, 11) is 0. The van der Waals surface area contributed by atoms with Gasteiger partial charge in [0.25, 0.3) is 0 Å². The molecule has 0 saturated heterocycles. The highest BCUT2D eigenvalue weighted by molar-refractivity contribution is 6.02. The maximum atomic E-state index is 10.6. The monoisotopic (exact) mass is 188 g/mol. The highest BCUT2D eigenvalue weighted by Gasteiger charge is 2.22. The van der Waals surface area contributed by atoms with Crippen LogP contribution in [0.15, 0.2) is 35.4 Å². The minimum absolute atomic E-state index is 0.183. The minimum atomic E-state index is 0.183. The molecule has 1 aromatic rings. The van der Waals surface area contributed by atoms with Crippen LogP contribution in [0.5, 0.6) is 0 Å². The Hall–Kier alpha value is -1.64. The average molecular weight is 188 g/mol. The Kier molecular flexibility index (Phi) is 2.31. The number of benzene rings is 1. The zero-order valence-electron chi connectivity index (χ0n) is 8.05. The van der Waals surface area contributed by atoms with E-state index in [1.54, 1.807) is 0 Å². The molecule has 0 fully saturated rings. The van der Waals surface area contributed by atoms with Gasteiger partial charge in [0.1, 0.15) is 0 Å². The fourth-order valence-electron chi connectivity index (χ4n) is 1.59. The smallest absolute Gasteiger partial charge is 0.230 e. The van der Waals surface area contributed by atoms with Crippen molar-refractivity contribution < 1.29 is 4.79 Å². The Morgan fingerprint density at radius 2 is 2.14 bits per heavy atom. The molecule has 0 aliphatic carbocycles. The predicted octanol–water partition coefficient (Wildman–Crippen LogP) is 1.64. The van der Waals surface area contributed by atoms with Crippen molar-refractivity contribution in [3.05, 3.63) is 35.9 Å². The van der Waals surface area contributed by atoms with Crippen LogP contribution in [-0.4, -0.2) is 23.2 Å². The summed E-state index contributed by atoms with van der Waals surface area (Å²) in [5.41, 5.74) is 2.09. The molecule has 72 valence electrons. The number of carbonyl (C=O) groups is 1. The molecule has 1 aromatic carbocycles. The third-order valence-corrected chi connectivity index (χ3v) is 2.39. The number of hydrogen-bond acceptors (Lipinski definition) is 2. The Bertz CT molecular complexity index is 359. The van der Waals surface area contributed by atoms with Gasteiger partial charge >= 0.3 is 0 Å². The zero-order valence-corrected chi connectivity index (χ0v) is 8.05. The fraction of sp³-hybridized carbons (Fsp3) is 0.273. The maximum Gasteiger partial charge on any atom is 0.230 e. The zero-order chi connectivity index (χ0) is 9.97. The molecule has 3 heteroatoms. The molecule has 0 radical (unpaired) electrons. The standard InChI is InChI=1S/C11H12N2O/c1-9-7-11(12-13(9)8-14)10-5-3-2-4-6-10/h2-6,8-9H,7H2,1H3. The molecule has 14 heavy (non-hydrogen) atoms. The molecule has 1 atom stereocenters. The van der Waals surface area contributed by atoms with Crippen molar-refractivity contribution in [2.24, 2.45) is 5.10 Å². The Balaban J connectivity index is 2.26. The second kappa shape index (κ2) is 3.62. The number of nitrogens with zero attached hydrogens (tertiary/aromatic N) is 2. The highest BCUT2D eigenvalue weighted by atomic mass is 16.1. The van der Waals surface area contributed by atoms with Gasteiger partial charge in [-0.1, -0.05) is 30.3 Å². The van der Waals surface area contributed by atoms with E-state index in [1.807, 2.05) is 37.3 Å². The number of carbonyl (C=O) groups excluding carboxylic acids is 1. The van der Waals surface area contributed by atoms with Crippen molar-refractivity contribution in [3.63, 3.8) is 0 Å². The predicted molar refractivity (Wildman–Crippen MR) is 55.0 cm³/mol. The summed E-state index contributed by atoms with van der Waals surface area (Å²) in [6.07, 6.45) is 1.61. The van der Waals surface area contributed by atoms with Crippen LogP contribution in [0, 0.1) is 0 Å². The van der Waals surface area contributed by atoms with Crippen LogP contribution < -0.4 is 0 Å². The SMILES string of the molecule is CC1CC(c2ccccc2)=NN1C=O. The fourth-order valence-corrected chi connectivity index (χ4v) is 1.59. The summed E-state index contributed by atoms with van der Waals surface area (Å²) in [5.74, 6) is 0. The lowest BCUT2D eigenvalue weighted by atomic mass is 10.1. The first-order chi connectivity index (χ1) is 6.81. The van der Waals surface area contributed by atoms with Crippen LogP contribution in [0.1, 0.15) is 18.9 Å². The van der Waals surface area contributed by atoms with Gasteiger partial charge in [0.05, 0.1) is 11.8 Å². The minimum Gasteiger partial charge on any atom is -0.277 e. The van der Waals surface area contributed by atoms with E-state index >= 15 is 0 Å². The Morgan fingerprint density at radius 3 is 2.71 bits per heavy atom. The molecule has 2 rings (SSSR count). The van der Waals surface area contributed by atoms with E-state index in [1.165, 1.54) is 5.01 Å². The van der Waals surface area contributed by atoms with E-state index < -0.39 is 0 Å². The summed E-state index contributed by atoms with van der Waals surface area (Å²) in [5, 5.41) is 5.71. The molecule has 1 amide bonds. The molecular formula is C11H12N2O. The van der Waals surface area contributed by atoms with E-state index in [0.717, 1.165) is 24.1 Å². The molecular weight excluding hydrogens is 176 g/mol. The average Bonchev–Trinajstić information content (AvgIpc) is 2.61. The first-order valence-electron chi connectivity index (χ1n) is 4.68. The van der Waals surface area contributed by atoms with Crippen molar-refractivity contribution in [3.8, 4) is 0 Å². The van der Waals surface area contributed by atoms with Crippen LogP contribution in [0.3, 0.4) is 0 Å². The summed E-state index contributed by atoms with van der Waals surface area (Å²) in [6.45, 7) is 1.99. The molecule has 1 unspecified atom stereocenters. The molecule has 0 bridgehead atoms. The third-order valence-electron chi connectivity index (χ3n) is 2.39. The largest absolute Gasteiger partial charge is 0.277 e. The normalized spacial score (nSPS) is 20.8. The quantitative estimate of drug-likeness (QED) is 0.649. The third kappa shape index (κ3) is 1.53. The van der Waals surface area contributed by atoms with Gasteiger partial charge in [-0.3, -0.25) is 4.79 Å². The van der Waals surface area contributed by atoms with Gasteiger partial charge in [-0.05, 0) is 12.5 Å². The highest BCUT2D eigenvalue weighted by Crippen LogP contribution is 2.17. The Labute approximate surface area is 83.0 Å². The lowest BCUT2D eigenvalue weighted by molar-refractivity contribution is -0.119. The molecule has 1 aliphatic rings. The lowest BCUT2D eigenvalue weighted by Crippen LogP contribution is -2.21. The van der Waals surface area contributed by atoms with Crippen molar-refractivity contribution >= 4 is 12.1 Å². The van der Waals surface area contributed by atoms with E-state index in [0.29, 0.717) is 0 Å². The van der Waals surface area contributed by atoms with Crippen LogP contribution >= 0.6 is 0 Å². The number of hydrazone groups is 1. The van der Waals surface area contributed by atoms with Gasteiger partial charge in [0, 0.05) is 6.42 Å². The molecule has 0 saturated carbocycles. The van der Waals surface area contributed by atoms with Gasteiger partial charge < -0.3 is 0 Å². The maximum absolute atomic E-state index is 10.6. The van der Waals surface area contributed by atoms with Gasteiger partial charge in [0.15, 0.2) is 0 Å². The summed E-state index contributed by atoms with van der Waals surface area (Å²) in [4.78, 5) is 10.6. The van der Waals surface area contributed by atoms with Crippen molar-refractivity contribution in [2.75, 3.05) is 0 Å². The summed E-state index contributed by atoms with van der Waals surface area (Å²) >= 11 is 0. The molecule has 0 spiro atoms. The van der Waals surface area contributed by atoms with Crippen LogP contribution in [0.2, 0.25) is 0 Å². The van der Waals surface area contributed by atoms with Gasteiger partial charge in [-0.25, -0.2) is 5.01 Å². The second-order valence-corrected chi connectivity index (χ2v) is 3.45. The van der Waals surface area contributed by atoms with Crippen LogP contribution in [-0.2, 0) is 4.79 Å². The van der Waals surface area contributed by atoms with E-state index in [4.69, 9.17) is 0 Å². The molecule has 3 nitrogen and oxygen atoms in total. The first kappa shape index (κ1) is 8.94. The summed E-state index contributed by atoms with van der Waals surface area (Å²) in [6, 6.07) is 10.1. The van der Waals surface area contributed by atoms with Crippen LogP contribution in [0.25, 0.3) is 0 Å².